The highest BCUT2D eigenvalue weighted by molar-refractivity contribution is 9.08. The van der Waals surface area contributed by atoms with E-state index < -0.39 is 0 Å². The van der Waals surface area contributed by atoms with Crippen LogP contribution in [0.4, 0.5) is 16.2 Å². The lowest BCUT2D eigenvalue weighted by atomic mass is 10.1. The van der Waals surface area contributed by atoms with E-state index in [-0.39, 0.29) is 6.03 Å². The quantitative estimate of drug-likeness (QED) is 0.470. The second-order valence-electron chi connectivity index (χ2n) is 5.78. The van der Waals surface area contributed by atoms with E-state index in [1.807, 2.05) is 60.7 Å². The Balaban J connectivity index is 1.85. The number of H-pyrrole nitrogens is 1. The third kappa shape index (κ3) is 3.47. The Morgan fingerprint density at radius 3 is 2.64 bits per heavy atom. The number of rotatable bonds is 4. The van der Waals surface area contributed by atoms with Gasteiger partial charge in [0.25, 0.3) is 0 Å². The zero-order chi connectivity index (χ0) is 19.3. The third-order valence-corrected chi connectivity index (χ3v) is 4.45. The predicted octanol–water partition coefficient (Wildman–Crippen LogP) is 4.09. The summed E-state index contributed by atoms with van der Waals surface area (Å²) in [7, 11) is 0. The number of pyridine rings is 1. The number of tetrazole rings is 1. The number of carbonyl (C=O) groups is 1. The van der Waals surface area contributed by atoms with Crippen LogP contribution in [-0.2, 0) is 0 Å². The molecule has 2 aromatic heterocycles. The summed E-state index contributed by atoms with van der Waals surface area (Å²) >= 11 is 3.05. The number of hydrogen-bond donors (Lipinski definition) is 2. The molecule has 0 saturated heterocycles. The van der Waals surface area contributed by atoms with Gasteiger partial charge >= 0.3 is 6.03 Å². The monoisotopic (exact) mass is 435 g/mol. The van der Waals surface area contributed by atoms with Crippen LogP contribution in [0.25, 0.3) is 22.5 Å². The predicted molar refractivity (Wildman–Crippen MR) is 109 cm³/mol. The van der Waals surface area contributed by atoms with Gasteiger partial charge in [-0.25, -0.2) is 4.79 Å². The van der Waals surface area contributed by atoms with Crippen molar-refractivity contribution in [2.24, 2.45) is 0 Å². The molecule has 0 aliphatic rings. The molecule has 0 bridgehead atoms. The number of aromatic nitrogens is 5. The van der Waals surface area contributed by atoms with Crippen molar-refractivity contribution >= 4 is 33.6 Å². The lowest BCUT2D eigenvalue weighted by molar-refractivity contribution is 0.254. The minimum absolute atomic E-state index is 0.362. The van der Waals surface area contributed by atoms with Gasteiger partial charge in [-0.15, -0.1) is 10.2 Å². The van der Waals surface area contributed by atoms with Crippen LogP contribution in [0.15, 0.2) is 73.1 Å². The first kappa shape index (κ1) is 17.8. The van der Waals surface area contributed by atoms with Crippen LogP contribution in [0.3, 0.4) is 0 Å². The number of amides is 2. The average Bonchev–Trinajstić information content (AvgIpc) is 3.30. The van der Waals surface area contributed by atoms with Crippen LogP contribution >= 0.6 is 16.1 Å². The summed E-state index contributed by atoms with van der Waals surface area (Å²) in [5, 5.41) is 14.2. The lowest BCUT2D eigenvalue weighted by Crippen LogP contribution is -2.32. The first-order valence-corrected chi connectivity index (χ1v) is 9.11. The van der Waals surface area contributed by atoms with Gasteiger partial charge in [-0.2, -0.15) is 5.21 Å². The number of nitrogens with one attached hydrogen (secondary N) is 2. The highest BCUT2D eigenvalue weighted by Crippen LogP contribution is 2.35. The maximum atomic E-state index is 12.8. The van der Waals surface area contributed by atoms with Gasteiger partial charge in [0, 0.05) is 23.5 Å². The van der Waals surface area contributed by atoms with E-state index >= 15 is 0 Å². The maximum absolute atomic E-state index is 12.8. The van der Waals surface area contributed by atoms with Crippen molar-refractivity contribution in [3.05, 3.63) is 73.1 Å². The Bertz CT molecular complexity index is 1090. The SMILES string of the molecule is O=C(NBr)N(c1cccc(-c2cccnc2)c1)c1ccccc1-c1nn[nH]n1. The first-order chi connectivity index (χ1) is 13.8. The highest BCUT2D eigenvalue weighted by Gasteiger charge is 2.22. The Kier molecular flexibility index (Phi) is 5.07. The van der Waals surface area contributed by atoms with Gasteiger partial charge in [0.1, 0.15) is 0 Å². The van der Waals surface area contributed by atoms with Gasteiger partial charge in [-0.3, -0.25) is 14.2 Å². The lowest BCUT2D eigenvalue weighted by Gasteiger charge is -2.24. The number of nitrogens with zero attached hydrogens (tertiary/aromatic N) is 5. The molecule has 0 spiro atoms. The molecule has 0 radical (unpaired) electrons. The van der Waals surface area contributed by atoms with Crippen LogP contribution in [0.1, 0.15) is 0 Å². The van der Waals surface area contributed by atoms with Crippen LogP contribution < -0.4 is 9.24 Å². The number of carbonyl (C=O) groups excluding carboxylic acids is 1. The summed E-state index contributed by atoms with van der Waals surface area (Å²) in [6, 6.07) is 18.5. The molecule has 0 unspecified atom stereocenters. The molecule has 0 saturated carbocycles. The number of aromatic amines is 1. The fraction of sp³-hybridized carbons (Fsp3) is 0. The molecule has 0 atom stereocenters. The number of halogens is 1. The summed E-state index contributed by atoms with van der Waals surface area (Å²) in [6.45, 7) is 0. The molecule has 2 amide bonds. The van der Waals surface area contributed by atoms with Crippen molar-refractivity contribution in [3.8, 4) is 22.5 Å². The van der Waals surface area contributed by atoms with Gasteiger partial charge in [0.15, 0.2) is 0 Å². The first-order valence-electron chi connectivity index (χ1n) is 8.32. The van der Waals surface area contributed by atoms with Gasteiger partial charge < -0.3 is 0 Å². The molecule has 0 fully saturated rings. The van der Waals surface area contributed by atoms with Gasteiger partial charge in [-0.1, -0.05) is 30.3 Å². The molecular weight excluding hydrogens is 422 g/mol. The molecule has 138 valence electrons. The van der Waals surface area contributed by atoms with E-state index in [9.17, 15) is 4.79 Å². The number of benzene rings is 2. The normalized spacial score (nSPS) is 10.5. The summed E-state index contributed by atoms with van der Waals surface area (Å²) in [5.41, 5.74) is 3.85. The van der Waals surface area contributed by atoms with Crippen molar-refractivity contribution in [3.63, 3.8) is 0 Å². The molecule has 2 aromatic carbocycles. The minimum Gasteiger partial charge on any atom is -0.274 e. The van der Waals surface area contributed by atoms with Gasteiger partial charge in [0.2, 0.25) is 5.82 Å². The number of anilines is 2. The average molecular weight is 436 g/mol. The van der Waals surface area contributed by atoms with Crippen LogP contribution in [0.5, 0.6) is 0 Å². The van der Waals surface area contributed by atoms with E-state index in [2.05, 4.69) is 46.1 Å². The fourth-order valence-corrected chi connectivity index (χ4v) is 3.08. The summed E-state index contributed by atoms with van der Waals surface area (Å²) in [6.07, 6.45) is 3.50. The minimum atomic E-state index is -0.362. The smallest absolute Gasteiger partial charge is 0.274 e. The number of hydrogen-bond acceptors (Lipinski definition) is 5. The molecular formula is C19H14BrN7O. The Morgan fingerprint density at radius 2 is 1.89 bits per heavy atom. The molecule has 8 nitrogen and oxygen atoms in total. The Labute approximate surface area is 169 Å². The maximum Gasteiger partial charge on any atom is 0.336 e. The molecule has 2 N–H and O–H groups in total. The van der Waals surface area contributed by atoms with Crippen LogP contribution in [0.2, 0.25) is 0 Å². The zero-order valence-corrected chi connectivity index (χ0v) is 16.0. The topological polar surface area (TPSA) is 99.7 Å². The zero-order valence-electron chi connectivity index (χ0n) is 14.5. The van der Waals surface area contributed by atoms with E-state index in [1.165, 1.54) is 0 Å². The van der Waals surface area contributed by atoms with Gasteiger partial charge in [0.05, 0.1) is 27.5 Å². The van der Waals surface area contributed by atoms with Gasteiger partial charge in [-0.05, 0) is 41.1 Å². The second-order valence-corrected chi connectivity index (χ2v) is 6.18. The standard InChI is InChI=1S/C19H14BrN7O/c20-22-19(28)27(17-9-2-1-8-16(17)18-23-25-26-24-18)15-7-3-5-13(11-15)14-6-4-10-21-12-14/h1-12H,(H,22,28)(H,23,24,25,26). The molecule has 0 aliphatic carbocycles. The summed E-state index contributed by atoms with van der Waals surface area (Å²) in [4.78, 5) is 18.5. The molecule has 28 heavy (non-hydrogen) atoms. The van der Waals surface area contributed by atoms with E-state index in [0.29, 0.717) is 22.8 Å². The summed E-state index contributed by atoms with van der Waals surface area (Å²) < 4.78 is 2.52. The summed E-state index contributed by atoms with van der Waals surface area (Å²) in [5.74, 6) is 0.395. The Morgan fingerprint density at radius 1 is 1.04 bits per heavy atom. The Hall–Kier alpha value is -3.59. The van der Waals surface area contributed by atoms with Crippen molar-refractivity contribution < 1.29 is 4.79 Å². The molecule has 2 heterocycles. The second kappa shape index (κ2) is 7.97. The van der Waals surface area contributed by atoms with Crippen molar-refractivity contribution in [2.75, 3.05) is 4.90 Å². The third-order valence-electron chi connectivity index (χ3n) is 4.11. The van der Waals surface area contributed by atoms with Crippen molar-refractivity contribution in [2.45, 2.75) is 0 Å². The van der Waals surface area contributed by atoms with Crippen molar-refractivity contribution in [1.29, 1.82) is 0 Å². The highest BCUT2D eigenvalue weighted by atomic mass is 79.9. The molecule has 4 aromatic rings. The van der Waals surface area contributed by atoms with E-state index in [4.69, 9.17) is 0 Å². The molecule has 4 rings (SSSR count). The van der Waals surface area contributed by atoms with Crippen LogP contribution in [-0.4, -0.2) is 31.6 Å². The molecule has 9 heteroatoms. The van der Waals surface area contributed by atoms with E-state index in [1.54, 1.807) is 17.3 Å². The van der Waals surface area contributed by atoms with Crippen molar-refractivity contribution in [1.82, 2.24) is 30.0 Å². The largest absolute Gasteiger partial charge is 0.336 e. The van der Waals surface area contributed by atoms with Crippen LogP contribution in [0, 0.1) is 0 Å². The fourth-order valence-electron chi connectivity index (χ4n) is 2.90. The number of para-hydroxylation sites is 1. The number of urea groups is 1. The molecule has 0 aliphatic heterocycles. The van der Waals surface area contributed by atoms with E-state index in [0.717, 1.165) is 11.1 Å².